The van der Waals surface area contributed by atoms with E-state index < -0.39 is 0 Å². The lowest BCUT2D eigenvalue weighted by molar-refractivity contribution is 0.105. The second-order valence-electron chi connectivity index (χ2n) is 3.64. The number of allylic oxidation sites excluding steroid dienone is 1. The molecule has 2 heterocycles. The molecule has 5 heteroatoms. The van der Waals surface area contributed by atoms with Crippen molar-refractivity contribution in [1.82, 2.24) is 4.98 Å². The number of methoxy groups -OCH3 is 2. The van der Waals surface area contributed by atoms with Crippen LogP contribution < -0.4 is 9.47 Å². The lowest BCUT2D eigenvalue weighted by Crippen LogP contribution is -1.93. The summed E-state index contributed by atoms with van der Waals surface area (Å²) in [5.74, 6) is 1.11. The summed E-state index contributed by atoms with van der Waals surface area (Å²) in [4.78, 5) is 16.7. The number of hydrogen-bond donors (Lipinski definition) is 0. The Bertz CT molecular complexity index is 591. The number of hydrogen-bond acceptors (Lipinski definition) is 5. The molecule has 0 aromatic carbocycles. The Morgan fingerprint density at radius 2 is 2.11 bits per heavy atom. The molecule has 0 amide bonds. The molecule has 19 heavy (non-hydrogen) atoms. The Labute approximate surface area is 115 Å². The maximum absolute atomic E-state index is 11.8. The van der Waals surface area contributed by atoms with Crippen LogP contribution in [0.25, 0.3) is 6.08 Å². The second kappa shape index (κ2) is 6.15. The summed E-state index contributed by atoms with van der Waals surface area (Å²) in [7, 11) is 3.11. The molecular formula is C14H13NO3S. The van der Waals surface area contributed by atoms with Gasteiger partial charge >= 0.3 is 0 Å². The van der Waals surface area contributed by atoms with E-state index >= 15 is 0 Å². The molecule has 2 aromatic rings. The number of carbonyl (C=O) groups excluding carboxylic acids is 1. The Kier molecular flexibility index (Phi) is 4.30. The zero-order chi connectivity index (χ0) is 13.7. The van der Waals surface area contributed by atoms with Crippen LogP contribution in [0.4, 0.5) is 0 Å². The summed E-state index contributed by atoms with van der Waals surface area (Å²) < 4.78 is 10.3. The molecule has 0 fully saturated rings. The minimum Gasteiger partial charge on any atom is -0.493 e. The fraction of sp³-hybridized carbons (Fsp3) is 0.143. The number of thiophene rings is 1. The van der Waals surface area contributed by atoms with Crippen LogP contribution in [-0.2, 0) is 0 Å². The lowest BCUT2D eigenvalue weighted by atomic mass is 10.2. The van der Waals surface area contributed by atoms with Gasteiger partial charge in [0.15, 0.2) is 17.3 Å². The van der Waals surface area contributed by atoms with Gasteiger partial charge in [0.1, 0.15) is 0 Å². The summed E-state index contributed by atoms with van der Waals surface area (Å²) in [5.41, 5.74) is 0.641. The molecule has 0 spiro atoms. The smallest absolute Gasteiger partial charge is 0.195 e. The van der Waals surface area contributed by atoms with Crippen molar-refractivity contribution in [3.05, 3.63) is 46.4 Å². The Balaban J connectivity index is 2.17. The van der Waals surface area contributed by atoms with Crippen LogP contribution in [0.5, 0.6) is 11.5 Å². The molecule has 0 aliphatic rings. The minimum absolute atomic E-state index is 0.0356. The van der Waals surface area contributed by atoms with Gasteiger partial charge in [-0.2, -0.15) is 0 Å². The highest BCUT2D eigenvalue weighted by Gasteiger charge is 2.05. The number of nitrogens with zero attached hydrogens (tertiary/aromatic N) is 1. The van der Waals surface area contributed by atoms with Crippen molar-refractivity contribution in [3.8, 4) is 11.5 Å². The fourth-order valence-electron chi connectivity index (χ4n) is 1.51. The Morgan fingerprint density at radius 3 is 2.74 bits per heavy atom. The molecule has 0 aliphatic carbocycles. The molecular weight excluding hydrogens is 262 g/mol. The number of ketones is 1. The van der Waals surface area contributed by atoms with E-state index in [2.05, 4.69) is 4.98 Å². The molecule has 98 valence electrons. The Morgan fingerprint density at radius 1 is 1.32 bits per heavy atom. The third kappa shape index (κ3) is 3.20. The number of ether oxygens (including phenoxy) is 2. The average molecular weight is 275 g/mol. The predicted octanol–water partition coefficient (Wildman–Crippen LogP) is 3.06. The van der Waals surface area contributed by atoms with Crippen LogP contribution in [0.1, 0.15) is 15.4 Å². The first-order valence-corrected chi connectivity index (χ1v) is 6.46. The van der Waals surface area contributed by atoms with Crippen molar-refractivity contribution < 1.29 is 14.3 Å². The maximum Gasteiger partial charge on any atom is 0.195 e. The van der Waals surface area contributed by atoms with Crippen LogP contribution in [-0.4, -0.2) is 25.0 Å². The lowest BCUT2D eigenvalue weighted by Gasteiger charge is -2.06. The van der Waals surface area contributed by atoms with Crippen molar-refractivity contribution in [1.29, 1.82) is 0 Å². The van der Waals surface area contributed by atoms with E-state index in [1.54, 1.807) is 38.6 Å². The van der Waals surface area contributed by atoms with Crippen LogP contribution >= 0.6 is 11.3 Å². The van der Waals surface area contributed by atoms with Crippen molar-refractivity contribution in [3.63, 3.8) is 0 Å². The first-order valence-electron chi connectivity index (χ1n) is 5.58. The first kappa shape index (κ1) is 13.3. The standard InChI is InChI=1S/C14H13NO3S/c1-17-12-8-10(15-9-13(12)18-2)5-6-11(16)14-4-3-7-19-14/h3-9H,1-2H3/b6-5+. The summed E-state index contributed by atoms with van der Waals surface area (Å²) in [6, 6.07) is 5.36. The van der Waals surface area contributed by atoms with Gasteiger partial charge in [-0.1, -0.05) is 6.07 Å². The molecule has 2 aromatic heterocycles. The molecule has 4 nitrogen and oxygen atoms in total. The molecule has 0 bridgehead atoms. The van der Waals surface area contributed by atoms with Crippen molar-refractivity contribution >= 4 is 23.2 Å². The molecule has 0 saturated carbocycles. The number of rotatable bonds is 5. The van der Waals surface area contributed by atoms with E-state index in [9.17, 15) is 4.79 Å². The van der Waals surface area contributed by atoms with Crippen molar-refractivity contribution in [2.75, 3.05) is 14.2 Å². The van der Waals surface area contributed by atoms with E-state index in [1.165, 1.54) is 17.4 Å². The van der Waals surface area contributed by atoms with E-state index in [1.807, 2.05) is 11.4 Å². The molecule has 0 saturated heterocycles. The van der Waals surface area contributed by atoms with Crippen molar-refractivity contribution in [2.24, 2.45) is 0 Å². The SMILES string of the molecule is COc1cnc(/C=C/C(=O)c2cccs2)cc1OC. The van der Waals surface area contributed by atoms with Gasteiger partial charge in [0.25, 0.3) is 0 Å². The normalized spacial score (nSPS) is 10.6. The minimum atomic E-state index is -0.0356. The number of aromatic nitrogens is 1. The van der Waals surface area contributed by atoms with Crippen molar-refractivity contribution in [2.45, 2.75) is 0 Å². The van der Waals surface area contributed by atoms with E-state index in [0.717, 1.165) is 0 Å². The molecule has 0 atom stereocenters. The zero-order valence-corrected chi connectivity index (χ0v) is 11.4. The first-order chi connectivity index (χ1) is 9.24. The third-order valence-corrected chi connectivity index (χ3v) is 3.35. The van der Waals surface area contributed by atoms with E-state index in [-0.39, 0.29) is 5.78 Å². The topological polar surface area (TPSA) is 48.4 Å². The predicted molar refractivity (Wildman–Crippen MR) is 75.0 cm³/mol. The van der Waals surface area contributed by atoms with Gasteiger partial charge in [0.2, 0.25) is 0 Å². The van der Waals surface area contributed by atoms with Crippen LogP contribution in [0.3, 0.4) is 0 Å². The highest BCUT2D eigenvalue weighted by Crippen LogP contribution is 2.26. The number of pyridine rings is 1. The van der Waals surface area contributed by atoms with Gasteiger partial charge in [-0.05, 0) is 23.6 Å². The largest absolute Gasteiger partial charge is 0.493 e. The van der Waals surface area contributed by atoms with Gasteiger partial charge in [-0.25, -0.2) is 0 Å². The highest BCUT2D eigenvalue weighted by atomic mass is 32.1. The summed E-state index contributed by atoms with van der Waals surface area (Å²) in [5, 5.41) is 1.87. The highest BCUT2D eigenvalue weighted by molar-refractivity contribution is 7.12. The van der Waals surface area contributed by atoms with Gasteiger partial charge in [0, 0.05) is 6.07 Å². The quantitative estimate of drug-likeness (QED) is 0.621. The van der Waals surface area contributed by atoms with Crippen LogP contribution in [0.15, 0.2) is 35.9 Å². The monoisotopic (exact) mass is 275 g/mol. The Hall–Kier alpha value is -2.14. The van der Waals surface area contributed by atoms with E-state index in [4.69, 9.17) is 9.47 Å². The van der Waals surface area contributed by atoms with E-state index in [0.29, 0.717) is 22.1 Å². The molecule has 0 aliphatic heterocycles. The second-order valence-corrected chi connectivity index (χ2v) is 4.59. The summed E-state index contributed by atoms with van der Waals surface area (Å²) in [6.45, 7) is 0. The molecule has 2 rings (SSSR count). The summed E-state index contributed by atoms with van der Waals surface area (Å²) >= 11 is 1.41. The van der Waals surface area contributed by atoms with Gasteiger partial charge < -0.3 is 9.47 Å². The fourth-order valence-corrected chi connectivity index (χ4v) is 2.15. The number of carbonyl (C=O) groups is 1. The summed E-state index contributed by atoms with van der Waals surface area (Å²) in [6.07, 6.45) is 4.72. The molecule has 0 unspecified atom stereocenters. The van der Waals surface area contributed by atoms with Crippen LogP contribution in [0.2, 0.25) is 0 Å². The maximum atomic E-state index is 11.8. The zero-order valence-electron chi connectivity index (χ0n) is 10.6. The van der Waals surface area contributed by atoms with Gasteiger partial charge in [0.05, 0.1) is 31.0 Å². The molecule has 0 N–H and O–H groups in total. The van der Waals surface area contributed by atoms with Crippen LogP contribution in [0, 0.1) is 0 Å². The van der Waals surface area contributed by atoms with Gasteiger partial charge in [-0.3, -0.25) is 9.78 Å². The third-order valence-electron chi connectivity index (χ3n) is 2.46. The molecule has 0 radical (unpaired) electrons. The average Bonchev–Trinajstić information content (AvgIpc) is 2.98. The van der Waals surface area contributed by atoms with Gasteiger partial charge in [-0.15, -0.1) is 11.3 Å².